The largest absolute Gasteiger partial charge is 0.496 e. The number of ether oxygens (including phenoxy) is 1. The number of benzene rings is 3. The molecule has 0 aromatic heterocycles. The van der Waals surface area contributed by atoms with Crippen LogP contribution in [0.2, 0.25) is 0 Å². The van der Waals surface area contributed by atoms with E-state index in [9.17, 15) is 9.59 Å². The van der Waals surface area contributed by atoms with E-state index in [-0.39, 0.29) is 11.8 Å². The Labute approximate surface area is 182 Å². The first-order valence-corrected chi connectivity index (χ1v) is 10.1. The average molecular weight is 412 g/mol. The van der Waals surface area contributed by atoms with Gasteiger partial charge in [0.05, 0.1) is 7.11 Å². The van der Waals surface area contributed by atoms with Gasteiger partial charge in [-0.05, 0) is 36.8 Å². The lowest BCUT2D eigenvalue weighted by atomic mass is 10.0. The fourth-order valence-electron chi connectivity index (χ4n) is 3.89. The third-order valence-electron chi connectivity index (χ3n) is 5.53. The van der Waals surface area contributed by atoms with Crippen molar-refractivity contribution in [2.45, 2.75) is 19.4 Å². The van der Waals surface area contributed by atoms with Gasteiger partial charge in [0.15, 0.2) is 0 Å². The summed E-state index contributed by atoms with van der Waals surface area (Å²) < 4.78 is 5.49. The molecule has 1 aliphatic heterocycles. The predicted octanol–water partition coefficient (Wildman–Crippen LogP) is 4.74. The van der Waals surface area contributed by atoms with Crippen LogP contribution in [-0.2, 0) is 11.2 Å². The van der Waals surface area contributed by atoms with Gasteiger partial charge in [0.2, 0.25) is 5.91 Å². The summed E-state index contributed by atoms with van der Waals surface area (Å²) in [6, 6.07) is 22.2. The number of methoxy groups -OCH3 is 1. The Morgan fingerprint density at radius 2 is 1.71 bits per heavy atom. The van der Waals surface area contributed by atoms with Crippen LogP contribution in [0.15, 0.2) is 79.4 Å². The second-order valence-electron chi connectivity index (χ2n) is 7.52. The van der Waals surface area contributed by atoms with E-state index in [2.05, 4.69) is 24.0 Å². The molecule has 0 fully saturated rings. The molecular formula is C26H24N2O3. The first kappa shape index (κ1) is 20.4. The molecule has 3 aromatic carbocycles. The number of hydrogen-bond donors (Lipinski definition) is 1. The number of nitrogens with one attached hydrogen (secondary N) is 1. The molecule has 2 amide bonds. The van der Waals surface area contributed by atoms with Crippen molar-refractivity contribution in [1.82, 2.24) is 4.90 Å². The molecule has 156 valence electrons. The second kappa shape index (κ2) is 8.48. The summed E-state index contributed by atoms with van der Waals surface area (Å²) in [6.45, 7) is 5.74. The molecule has 1 heterocycles. The molecule has 0 radical (unpaired) electrons. The van der Waals surface area contributed by atoms with Gasteiger partial charge in [-0.15, -0.1) is 0 Å². The first-order valence-electron chi connectivity index (χ1n) is 10.1. The molecule has 0 bridgehead atoms. The van der Waals surface area contributed by atoms with E-state index in [1.807, 2.05) is 48.5 Å². The molecule has 5 heteroatoms. The van der Waals surface area contributed by atoms with Crippen LogP contribution in [0.3, 0.4) is 0 Å². The highest BCUT2D eigenvalue weighted by Gasteiger charge is 2.36. The fraction of sp³-hybridized carbons (Fsp3) is 0.154. The van der Waals surface area contributed by atoms with Crippen LogP contribution >= 0.6 is 0 Å². The van der Waals surface area contributed by atoms with Crippen molar-refractivity contribution >= 4 is 23.2 Å². The molecular weight excluding hydrogens is 388 g/mol. The van der Waals surface area contributed by atoms with Gasteiger partial charge in [-0.3, -0.25) is 14.5 Å². The summed E-state index contributed by atoms with van der Waals surface area (Å²) >= 11 is 0. The SMILES string of the molecule is C=C1c2ccccc2C(=O)N1C(C)C(=O)Nc1ccc(OC)c(Cc2ccccc2)c1. The van der Waals surface area contributed by atoms with Gasteiger partial charge in [-0.25, -0.2) is 0 Å². The number of anilines is 1. The van der Waals surface area contributed by atoms with Crippen molar-refractivity contribution in [2.24, 2.45) is 0 Å². The zero-order chi connectivity index (χ0) is 22.0. The van der Waals surface area contributed by atoms with Crippen LogP contribution < -0.4 is 10.1 Å². The number of rotatable bonds is 6. The summed E-state index contributed by atoms with van der Waals surface area (Å²) in [5, 5.41) is 2.93. The van der Waals surface area contributed by atoms with Crippen LogP contribution in [0.4, 0.5) is 5.69 Å². The Balaban J connectivity index is 1.53. The molecule has 31 heavy (non-hydrogen) atoms. The Hall–Kier alpha value is -3.86. The summed E-state index contributed by atoms with van der Waals surface area (Å²) in [7, 11) is 1.63. The Bertz CT molecular complexity index is 1120. The summed E-state index contributed by atoms with van der Waals surface area (Å²) in [5.41, 5.74) is 4.65. The van der Waals surface area contributed by atoms with Crippen molar-refractivity contribution in [1.29, 1.82) is 0 Å². The molecule has 4 rings (SSSR count). The lowest BCUT2D eigenvalue weighted by Gasteiger charge is -2.24. The number of nitrogens with zero attached hydrogens (tertiary/aromatic N) is 1. The number of hydrogen-bond acceptors (Lipinski definition) is 3. The van der Waals surface area contributed by atoms with Gasteiger partial charge in [-0.1, -0.05) is 55.1 Å². The predicted molar refractivity (Wildman–Crippen MR) is 122 cm³/mol. The lowest BCUT2D eigenvalue weighted by molar-refractivity contribution is -0.119. The van der Waals surface area contributed by atoms with Crippen molar-refractivity contribution in [2.75, 3.05) is 12.4 Å². The van der Waals surface area contributed by atoms with Gasteiger partial charge >= 0.3 is 0 Å². The summed E-state index contributed by atoms with van der Waals surface area (Å²) in [4.78, 5) is 27.3. The maximum atomic E-state index is 13.0. The van der Waals surface area contributed by atoms with Crippen LogP contribution in [-0.4, -0.2) is 29.9 Å². The van der Waals surface area contributed by atoms with Crippen molar-refractivity contribution in [3.63, 3.8) is 0 Å². The topological polar surface area (TPSA) is 58.6 Å². The highest BCUT2D eigenvalue weighted by atomic mass is 16.5. The summed E-state index contributed by atoms with van der Waals surface area (Å²) in [5.74, 6) is 0.273. The summed E-state index contributed by atoms with van der Waals surface area (Å²) in [6.07, 6.45) is 0.681. The van der Waals surface area contributed by atoms with Crippen molar-refractivity contribution in [3.8, 4) is 5.75 Å². The van der Waals surface area contributed by atoms with E-state index >= 15 is 0 Å². The van der Waals surface area contributed by atoms with Gasteiger partial charge < -0.3 is 10.1 Å². The van der Waals surface area contributed by atoms with E-state index < -0.39 is 6.04 Å². The fourth-order valence-corrected chi connectivity index (χ4v) is 3.89. The van der Waals surface area contributed by atoms with E-state index in [0.717, 1.165) is 22.4 Å². The number of carbonyl (C=O) groups excluding carboxylic acids is 2. The smallest absolute Gasteiger partial charge is 0.259 e. The Kier molecular flexibility index (Phi) is 5.58. The molecule has 1 aliphatic rings. The highest BCUT2D eigenvalue weighted by molar-refractivity contribution is 6.11. The number of amides is 2. The van der Waals surface area contributed by atoms with Gasteiger partial charge in [-0.2, -0.15) is 0 Å². The van der Waals surface area contributed by atoms with E-state index in [1.165, 1.54) is 4.90 Å². The molecule has 0 spiro atoms. The standard InChI is InChI=1S/C26H24N2O3/c1-17-22-11-7-8-12-23(22)26(30)28(17)18(2)25(29)27-21-13-14-24(31-3)20(16-21)15-19-9-5-4-6-10-19/h4-14,16,18H,1,15H2,2-3H3,(H,27,29). The Morgan fingerprint density at radius 1 is 1.03 bits per heavy atom. The van der Waals surface area contributed by atoms with Crippen LogP contribution in [0, 0.1) is 0 Å². The monoisotopic (exact) mass is 412 g/mol. The van der Waals surface area contributed by atoms with E-state index in [1.54, 1.807) is 26.2 Å². The maximum absolute atomic E-state index is 13.0. The third kappa shape index (κ3) is 3.94. The number of fused-ring (bicyclic) bond motifs is 1. The normalized spacial score (nSPS) is 13.7. The minimum absolute atomic E-state index is 0.206. The second-order valence-corrected chi connectivity index (χ2v) is 7.52. The lowest BCUT2D eigenvalue weighted by Crippen LogP contribution is -2.41. The number of carbonyl (C=O) groups is 2. The van der Waals surface area contributed by atoms with Crippen molar-refractivity contribution in [3.05, 3.63) is 102 Å². The highest BCUT2D eigenvalue weighted by Crippen LogP contribution is 2.33. The molecule has 5 nitrogen and oxygen atoms in total. The van der Waals surface area contributed by atoms with Crippen LogP contribution in [0.1, 0.15) is 34.0 Å². The molecule has 0 saturated carbocycles. The Morgan fingerprint density at radius 3 is 2.39 bits per heavy atom. The minimum Gasteiger partial charge on any atom is -0.496 e. The van der Waals surface area contributed by atoms with Crippen LogP contribution in [0.25, 0.3) is 5.70 Å². The van der Waals surface area contributed by atoms with Gasteiger partial charge in [0, 0.05) is 34.5 Å². The maximum Gasteiger partial charge on any atom is 0.259 e. The van der Waals surface area contributed by atoms with Crippen molar-refractivity contribution < 1.29 is 14.3 Å². The van der Waals surface area contributed by atoms with Gasteiger partial charge in [0.1, 0.15) is 11.8 Å². The average Bonchev–Trinajstić information content (AvgIpc) is 3.04. The van der Waals surface area contributed by atoms with Gasteiger partial charge in [0.25, 0.3) is 5.91 Å². The van der Waals surface area contributed by atoms with Crippen LogP contribution in [0.5, 0.6) is 5.75 Å². The molecule has 0 saturated heterocycles. The zero-order valence-electron chi connectivity index (χ0n) is 17.6. The molecule has 0 aliphatic carbocycles. The zero-order valence-corrected chi connectivity index (χ0v) is 17.6. The molecule has 1 atom stereocenters. The first-order chi connectivity index (χ1) is 15.0. The van der Waals surface area contributed by atoms with E-state index in [0.29, 0.717) is 23.4 Å². The molecule has 1 N–H and O–H groups in total. The third-order valence-corrected chi connectivity index (χ3v) is 5.53. The molecule has 1 unspecified atom stereocenters. The van der Waals surface area contributed by atoms with E-state index in [4.69, 9.17) is 4.74 Å². The quantitative estimate of drug-likeness (QED) is 0.636. The molecule has 3 aromatic rings. The minimum atomic E-state index is -0.702.